The number of hydrogen-bond donors (Lipinski definition) is 2. The molecule has 0 bridgehead atoms. The zero-order valence-corrected chi connectivity index (χ0v) is 15.3. The van der Waals surface area contributed by atoms with Crippen LogP contribution in [0.2, 0.25) is 0 Å². The summed E-state index contributed by atoms with van der Waals surface area (Å²) in [7, 11) is 0. The Morgan fingerprint density at radius 1 is 1.08 bits per heavy atom. The number of nitrogens with one attached hydrogen (secondary N) is 1. The van der Waals surface area contributed by atoms with Crippen molar-refractivity contribution in [2.24, 2.45) is 0 Å². The van der Waals surface area contributed by atoms with E-state index in [9.17, 15) is 9.90 Å². The maximum absolute atomic E-state index is 12.3. The number of benzene rings is 2. The number of carbonyl (C=O) groups is 1. The van der Waals surface area contributed by atoms with Crippen LogP contribution >= 0.6 is 0 Å². The molecule has 0 aromatic heterocycles. The molecule has 1 aliphatic heterocycles. The predicted molar refractivity (Wildman–Crippen MR) is 105 cm³/mol. The number of aryl methyl sites for hydroxylation is 1. The number of anilines is 1. The summed E-state index contributed by atoms with van der Waals surface area (Å²) in [6.45, 7) is 7.41. The molecule has 1 aliphatic rings. The fourth-order valence-corrected chi connectivity index (χ4v) is 3.28. The van der Waals surface area contributed by atoms with Gasteiger partial charge in [-0.2, -0.15) is 0 Å². The number of piperazine rings is 1. The lowest BCUT2D eigenvalue weighted by Crippen LogP contribution is -2.48. The van der Waals surface area contributed by atoms with Crippen molar-refractivity contribution in [3.63, 3.8) is 0 Å². The van der Waals surface area contributed by atoms with Gasteiger partial charge in [-0.1, -0.05) is 31.2 Å². The number of para-hydroxylation sites is 1. The van der Waals surface area contributed by atoms with Gasteiger partial charge in [0, 0.05) is 45.0 Å². The van der Waals surface area contributed by atoms with Crippen molar-refractivity contribution >= 4 is 11.6 Å². The molecule has 1 heterocycles. The van der Waals surface area contributed by atoms with Gasteiger partial charge in [0.05, 0.1) is 5.56 Å². The van der Waals surface area contributed by atoms with E-state index >= 15 is 0 Å². The number of amides is 1. The van der Waals surface area contributed by atoms with Gasteiger partial charge in [0.25, 0.3) is 5.91 Å². The largest absolute Gasteiger partial charge is 0.507 e. The van der Waals surface area contributed by atoms with Gasteiger partial charge in [-0.05, 0) is 36.2 Å². The molecule has 1 amide bonds. The van der Waals surface area contributed by atoms with Crippen LogP contribution < -0.4 is 10.2 Å². The highest BCUT2D eigenvalue weighted by molar-refractivity contribution is 5.97. The van der Waals surface area contributed by atoms with Crippen molar-refractivity contribution in [1.82, 2.24) is 10.2 Å². The van der Waals surface area contributed by atoms with Gasteiger partial charge in [0.15, 0.2) is 0 Å². The van der Waals surface area contributed by atoms with Crippen molar-refractivity contribution in [3.05, 3.63) is 59.7 Å². The first-order valence-electron chi connectivity index (χ1n) is 9.30. The molecule has 2 aromatic carbocycles. The Bertz CT molecular complexity index is 725. The van der Waals surface area contributed by atoms with Gasteiger partial charge in [0.1, 0.15) is 5.75 Å². The molecule has 0 atom stereocenters. The topological polar surface area (TPSA) is 55.8 Å². The first-order valence-corrected chi connectivity index (χ1v) is 9.30. The average molecular weight is 353 g/mol. The lowest BCUT2D eigenvalue weighted by Gasteiger charge is -2.36. The highest BCUT2D eigenvalue weighted by atomic mass is 16.3. The van der Waals surface area contributed by atoms with Gasteiger partial charge in [-0.3, -0.25) is 9.69 Å². The van der Waals surface area contributed by atoms with Crippen molar-refractivity contribution in [3.8, 4) is 5.75 Å². The highest BCUT2D eigenvalue weighted by Gasteiger charge is 2.17. The molecule has 5 heteroatoms. The second-order valence-electron chi connectivity index (χ2n) is 6.63. The fraction of sp³-hybridized carbons (Fsp3) is 0.381. The van der Waals surface area contributed by atoms with E-state index in [-0.39, 0.29) is 11.7 Å². The third-order valence-electron chi connectivity index (χ3n) is 4.92. The molecular formula is C21H27N3O2. The van der Waals surface area contributed by atoms with Crippen LogP contribution in [0.25, 0.3) is 0 Å². The Balaban J connectivity index is 1.44. The van der Waals surface area contributed by atoms with Crippen LogP contribution in [0.1, 0.15) is 22.8 Å². The molecule has 0 radical (unpaired) electrons. The smallest absolute Gasteiger partial charge is 0.255 e. The second kappa shape index (κ2) is 8.72. The first-order chi connectivity index (χ1) is 12.7. The number of aromatic hydroxyl groups is 1. The Labute approximate surface area is 155 Å². The van der Waals surface area contributed by atoms with Gasteiger partial charge in [0.2, 0.25) is 0 Å². The van der Waals surface area contributed by atoms with E-state index in [1.165, 1.54) is 5.69 Å². The minimum atomic E-state index is -0.208. The van der Waals surface area contributed by atoms with E-state index in [0.29, 0.717) is 12.1 Å². The predicted octanol–water partition coefficient (Wildman–Crippen LogP) is 2.51. The first kappa shape index (κ1) is 18.3. The Morgan fingerprint density at radius 3 is 2.50 bits per heavy atom. The third kappa shape index (κ3) is 4.55. The maximum atomic E-state index is 12.3. The number of hydrogen-bond acceptors (Lipinski definition) is 4. The zero-order chi connectivity index (χ0) is 18.4. The summed E-state index contributed by atoms with van der Waals surface area (Å²) in [5, 5.41) is 12.8. The summed E-state index contributed by atoms with van der Waals surface area (Å²) >= 11 is 0. The SMILES string of the molecule is CCc1ccc(O)c(C(=O)NCCN2CCN(c3ccccc3)CC2)c1. The molecule has 0 aliphatic carbocycles. The summed E-state index contributed by atoms with van der Waals surface area (Å²) in [5.41, 5.74) is 2.68. The molecule has 0 unspecified atom stereocenters. The second-order valence-corrected chi connectivity index (χ2v) is 6.63. The molecule has 5 nitrogen and oxygen atoms in total. The average Bonchev–Trinajstić information content (AvgIpc) is 2.69. The standard InChI is InChI=1S/C21H27N3O2/c1-2-17-8-9-20(25)19(16-17)21(26)22-10-11-23-12-14-24(15-13-23)18-6-4-3-5-7-18/h3-9,16,25H,2,10-15H2,1H3,(H,22,26). The number of phenols is 1. The minimum absolute atomic E-state index is 0.0381. The van der Waals surface area contributed by atoms with Crippen LogP contribution in [0.5, 0.6) is 5.75 Å². The molecule has 2 aromatic rings. The van der Waals surface area contributed by atoms with E-state index < -0.39 is 0 Å². The Hall–Kier alpha value is -2.53. The molecule has 2 N–H and O–H groups in total. The summed E-state index contributed by atoms with van der Waals surface area (Å²) in [6.07, 6.45) is 0.840. The van der Waals surface area contributed by atoms with Crippen LogP contribution in [-0.4, -0.2) is 55.2 Å². The third-order valence-corrected chi connectivity index (χ3v) is 4.92. The van der Waals surface area contributed by atoms with Crippen molar-refractivity contribution in [1.29, 1.82) is 0 Å². The number of phenolic OH excluding ortho intramolecular Hbond substituents is 1. The number of carbonyl (C=O) groups excluding carboxylic acids is 1. The Morgan fingerprint density at radius 2 is 1.81 bits per heavy atom. The van der Waals surface area contributed by atoms with E-state index in [0.717, 1.165) is 44.7 Å². The summed E-state index contributed by atoms with van der Waals surface area (Å²) in [4.78, 5) is 17.1. The van der Waals surface area contributed by atoms with Crippen molar-refractivity contribution in [2.75, 3.05) is 44.2 Å². The van der Waals surface area contributed by atoms with Crippen molar-refractivity contribution < 1.29 is 9.90 Å². The summed E-state index contributed by atoms with van der Waals surface area (Å²) in [5.74, 6) is -0.170. The van der Waals surface area contributed by atoms with Gasteiger partial charge in [-0.25, -0.2) is 0 Å². The molecular weight excluding hydrogens is 326 g/mol. The fourth-order valence-electron chi connectivity index (χ4n) is 3.28. The van der Waals surface area contributed by atoms with Gasteiger partial charge in [-0.15, -0.1) is 0 Å². The number of nitrogens with zero attached hydrogens (tertiary/aromatic N) is 2. The Kier molecular flexibility index (Phi) is 6.12. The van der Waals surface area contributed by atoms with Crippen LogP contribution in [-0.2, 0) is 6.42 Å². The minimum Gasteiger partial charge on any atom is -0.507 e. The number of rotatable bonds is 6. The highest BCUT2D eigenvalue weighted by Crippen LogP contribution is 2.19. The molecule has 0 saturated carbocycles. The summed E-state index contributed by atoms with van der Waals surface area (Å²) in [6, 6.07) is 15.7. The molecule has 1 fully saturated rings. The lowest BCUT2D eigenvalue weighted by molar-refractivity contribution is 0.0945. The lowest BCUT2D eigenvalue weighted by atomic mass is 10.1. The normalized spacial score (nSPS) is 15.0. The maximum Gasteiger partial charge on any atom is 0.255 e. The van der Waals surface area contributed by atoms with Crippen LogP contribution in [0.3, 0.4) is 0 Å². The summed E-state index contributed by atoms with van der Waals surface area (Å²) < 4.78 is 0. The van der Waals surface area contributed by atoms with Crippen LogP contribution in [0.15, 0.2) is 48.5 Å². The molecule has 0 spiro atoms. The molecule has 1 saturated heterocycles. The quantitative estimate of drug-likeness (QED) is 0.838. The molecule has 138 valence electrons. The monoisotopic (exact) mass is 353 g/mol. The van der Waals surface area contributed by atoms with Crippen LogP contribution in [0.4, 0.5) is 5.69 Å². The van der Waals surface area contributed by atoms with E-state index in [1.807, 2.05) is 19.1 Å². The van der Waals surface area contributed by atoms with Crippen LogP contribution in [0, 0.1) is 0 Å². The van der Waals surface area contributed by atoms with E-state index in [4.69, 9.17) is 0 Å². The van der Waals surface area contributed by atoms with Gasteiger partial charge >= 0.3 is 0 Å². The van der Waals surface area contributed by atoms with Gasteiger partial charge < -0.3 is 15.3 Å². The van der Waals surface area contributed by atoms with E-state index in [1.54, 1.807) is 12.1 Å². The van der Waals surface area contributed by atoms with E-state index in [2.05, 4.69) is 39.4 Å². The zero-order valence-electron chi connectivity index (χ0n) is 15.3. The molecule has 26 heavy (non-hydrogen) atoms. The molecule has 3 rings (SSSR count). The van der Waals surface area contributed by atoms with Crippen molar-refractivity contribution in [2.45, 2.75) is 13.3 Å².